The summed E-state index contributed by atoms with van der Waals surface area (Å²) in [4.78, 5) is 5.24. The van der Waals surface area contributed by atoms with Crippen molar-refractivity contribution in [2.45, 2.75) is 19.4 Å². The van der Waals surface area contributed by atoms with Gasteiger partial charge in [0.1, 0.15) is 10.8 Å². The second-order valence-corrected chi connectivity index (χ2v) is 6.63. The molecule has 0 aromatic heterocycles. The molecule has 1 aliphatic carbocycles. The van der Waals surface area contributed by atoms with Crippen LogP contribution in [0.5, 0.6) is 0 Å². The van der Waals surface area contributed by atoms with Crippen LogP contribution in [0.4, 0.5) is 4.39 Å². The van der Waals surface area contributed by atoms with Crippen molar-refractivity contribution in [2.24, 2.45) is 11.7 Å². The molecule has 21 heavy (non-hydrogen) atoms. The maximum absolute atomic E-state index is 13.3. The van der Waals surface area contributed by atoms with Gasteiger partial charge in [-0.2, -0.15) is 0 Å². The van der Waals surface area contributed by atoms with Gasteiger partial charge in [0.15, 0.2) is 0 Å². The Morgan fingerprint density at radius 2 is 1.86 bits per heavy atom. The molecule has 2 N–H and O–H groups in total. The molecule has 1 aliphatic heterocycles. The van der Waals surface area contributed by atoms with E-state index in [1.807, 2.05) is 0 Å². The maximum atomic E-state index is 13.3. The Morgan fingerprint density at radius 1 is 1.19 bits per heavy atom. The van der Waals surface area contributed by atoms with Crippen LogP contribution < -0.4 is 5.73 Å². The SMILES string of the molecule is NC(=S)c1cc(F)ccc1CN1CCN(CC2CC2)CC1. The molecular formula is C16H22FN3S. The molecule has 0 bridgehead atoms. The summed E-state index contributed by atoms with van der Waals surface area (Å²) in [5, 5.41) is 0. The summed E-state index contributed by atoms with van der Waals surface area (Å²) in [5.74, 6) is 0.672. The van der Waals surface area contributed by atoms with E-state index in [1.165, 1.54) is 31.5 Å². The van der Waals surface area contributed by atoms with Crippen LogP contribution in [0.15, 0.2) is 18.2 Å². The van der Waals surface area contributed by atoms with Gasteiger partial charge in [-0.25, -0.2) is 4.39 Å². The monoisotopic (exact) mass is 307 g/mol. The van der Waals surface area contributed by atoms with Gasteiger partial charge in [-0.05, 0) is 36.5 Å². The minimum atomic E-state index is -0.282. The third kappa shape index (κ3) is 3.99. The highest BCUT2D eigenvalue weighted by Crippen LogP contribution is 2.30. The van der Waals surface area contributed by atoms with Gasteiger partial charge < -0.3 is 10.6 Å². The number of piperazine rings is 1. The van der Waals surface area contributed by atoms with E-state index in [9.17, 15) is 4.39 Å². The molecule has 3 nitrogen and oxygen atoms in total. The Hall–Kier alpha value is -1.04. The van der Waals surface area contributed by atoms with Crippen LogP contribution in [-0.2, 0) is 6.54 Å². The number of thiocarbonyl (C=S) groups is 1. The zero-order valence-corrected chi connectivity index (χ0v) is 13.0. The zero-order chi connectivity index (χ0) is 14.8. The van der Waals surface area contributed by atoms with E-state index in [1.54, 1.807) is 6.07 Å². The average molecular weight is 307 g/mol. The van der Waals surface area contributed by atoms with Crippen molar-refractivity contribution in [2.75, 3.05) is 32.7 Å². The highest BCUT2D eigenvalue weighted by atomic mass is 32.1. The van der Waals surface area contributed by atoms with Crippen molar-refractivity contribution >= 4 is 17.2 Å². The predicted octanol–water partition coefficient (Wildman–Crippen LogP) is 1.99. The molecule has 1 heterocycles. The van der Waals surface area contributed by atoms with Crippen LogP contribution in [0.25, 0.3) is 0 Å². The quantitative estimate of drug-likeness (QED) is 0.843. The third-order valence-electron chi connectivity index (χ3n) is 4.41. The van der Waals surface area contributed by atoms with E-state index in [-0.39, 0.29) is 10.8 Å². The van der Waals surface area contributed by atoms with Crippen molar-refractivity contribution in [3.8, 4) is 0 Å². The predicted molar refractivity (Wildman–Crippen MR) is 86.7 cm³/mol. The molecule has 2 aliphatic rings. The molecule has 0 unspecified atom stereocenters. The van der Waals surface area contributed by atoms with Crippen LogP contribution in [-0.4, -0.2) is 47.5 Å². The molecule has 0 atom stereocenters. The minimum absolute atomic E-state index is 0.275. The Morgan fingerprint density at radius 3 is 2.48 bits per heavy atom. The van der Waals surface area contributed by atoms with E-state index in [4.69, 9.17) is 18.0 Å². The van der Waals surface area contributed by atoms with Gasteiger partial charge >= 0.3 is 0 Å². The topological polar surface area (TPSA) is 32.5 Å². The summed E-state index contributed by atoms with van der Waals surface area (Å²) in [6.45, 7) is 6.43. The first-order valence-corrected chi connectivity index (χ1v) is 8.05. The number of hydrogen-bond acceptors (Lipinski definition) is 3. The lowest BCUT2D eigenvalue weighted by Gasteiger charge is -2.35. The Labute approximate surface area is 130 Å². The number of benzene rings is 1. The van der Waals surface area contributed by atoms with Gasteiger partial charge in [-0.3, -0.25) is 4.90 Å². The van der Waals surface area contributed by atoms with E-state index in [2.05, 4.69) is 9.80 Å². The molecule has 1 saturated heterocycles. The van der Waals surface area contributed by atoms with Crippen molar-refractivity contribution in [3.05, 3.63) is 35.1 Å². The second-order valence-electron chi connectivity index (χ2n) is 6.19. The van der Waals surface area contributed by atoms with Crippen LogP contribution >= 0.6 is 12.2 Å². The first-order valence-electron chi connectivity index (χ1n) is 7.65. The van der Waals surface area contributed by atoms with Gasteiger partial charge in [0, 0.05) is 44.8 Å². The lowest BCUT2D eigenvalue weighted by molar-refractivity contribution is 0.123. The average Bonchev–Trinajstić information content (AvgIpc) is 3.27. The van der Waals surface area contributed by atoms with Crippen LogP contribution in [0.1, 0.15) is 24.0 Å². The van der Waals surface area contributed by atoms with Crippen molar-refractivity contribution in [1.82, 2.24) is 9.80 Å². The minimum Gasteiger partial charge on any atom is -0.389 e. The van der Waals surface area contributed by atoms with Crippen LogP contribution in [0.2, 0.25) is 0 Å². The van der Waals surface area contributed by atoms with E-state index >= 15 is 0 Å². The first kappa shape index (κ1) is 14.9. The summed E-state index contributed by atoms with van der Waals surface area (Å²) in [6, 6.07) is 4.74. The summed E-state index contributed by atoms with van der Waals surface area (Å²) in [6.07, 6.45) is 2.82. The normalized spacial score (nSPS) is 20.6. The van der Waals surface area contributed by atoms with Crippen molar-refractivity contribution in [1.29, 1.82) is 0 Å². The Bertz CT molecular complexity index is 522. The van der Waals surface area contributed by atoms with Gasteiger partial charge in [-0.15, -0.1) is 0 Å². The molecule has 2 fully saturated rings. The highest BCUT2D eigenvalue weighted by molar-refractivity contribution is 7.80. The number of nitrogens with two attached hydrogens (primary N) is 1. The van der Waals surface area contributed by atoms with Gasteiger partial charge in [-0.1, -0.05) is 18.3 Å². The van der Waals surface area contributed by atoms with E-state index < -0.39 is 0 Å². The molecule has 0 radical (unpaired) electrons. The Kier molecular flexibility index (Phi) is 4.52. The van der Waals surface area contributed by atoms with Crippen LogP contribution in [0, 0.1) is 11.7 Å². The first-order chi connectivity index (χ1) is 10.1. The molecular weight excluding hydrogens is 285 g/mol. The fraction of sp³-hybridized carbons (Fsp3) is 0.562. The third-order valence-corrected chi connectivity index (χ3v) is 4.63. The molecule has 3 rings (SSSR count). The lowest BCUT2D eigenvalue weighted by Crippen LogP contribution is -2.46. The Balaban J connectivity index is 1.58. The van der Waals surface area contributed by atoms with Crippen molar-refractivity contribution in [3.63, 3.8) is 0 Å². The van der Waals surface area contributed by atoms with Crippen LogP contribution in [0.3, 0.4) is 0 Å². The molecule has 1 saturated carbocycles. The second kappa shape index (κ2) is 6.38. The fourth-order valence-electron chi connectivity index (χ4n) is 2.95. The van der Waals surface area contributed by atoms with Crippen molar-refractivity contribution < 1.29 is 4.39 Å². The molecule has 5 heteroatoms. The summed E-state index contributed by atoms with van der Waals surface area (Å²) >= 11 is 5.03. The van der Waals surface area contributed by atoms with Gasteiger partial charge in [0.05, 0.1) is 0 Å². The fourth-order valence-corrected chi connectivity index (χ4v) is 3.14. The van der Waals surface area contributed by atoms with E-state index in [0.717, 1.165) is 44.2 Å². The zero-order valence-electron chi connectivity index (χ0n) is 12.2. The lowest BCUT2D eigenvalue weighted by atomic mass is 10.1. The van der Waals surface area contributed by atoms with Gasteiger partial charge in [0.25, 0.3) is 0 Å². The largest absolute Gasteiger partial charge is 0.389 e. The number of nitrogens with zero attached hydrogens (tertiary/aromatic N) is 2. The summed E-state index contributed by atoms with van der Waals surface area (Å²) in [5.41, 5.74) is 7.41. The molecule has 0 spiro atoms. The molecule has 114 valence electrons. The molecule has 1 aromatic carbocycles. The summed E-state index contributed by atoms with van der Waals surface area (Å²) in [7, 11) is 0. The molecule has 1 aromatic rings. The smallest absolute Gasteiger partial charge is 0.123 e. The standard InChI is InChI=1S/C16H22FN3S/c17-14-4-3-13(15(9-14)16(18)21)11-20-7-5-19(6-8-20)10-12-1-2-12/h3-4,9,12H,1-2,5-8,10-11H2,(H2,18,21). The molecule has 0 amide bonds. The van der Waals surface area contributed by atoms with E-state index in [0.29, 0.717) is 5.56 Å². The summed E-state index contributed by atoms with van der Waals surface area (Å²) < 4.78 is 13.3. The maximum Gasteiger partial charge on any atom is 0.123 e. The number of hydrogen-bond donors (Lipinski definition) is 1. The number of halogens is 1. The highest BCUT2D eigenvalue weighted by Gasteiger charge is 2.26. The van der Waals surface area contributed by atoms with Gasteiger partial charge in [0.2, 0.25) is 0 Å². The number of rotatable bonds is 5.